The van der Waals surface area contributed by atoms with Crippen LogP contribution in [0.25, 0.3) is 0 Å². The van der Waals surface area contributed by atoms with Crippen molar-refractivity contribution in [2.24, 2.45) is 0 Å². The summed E-state index contributed by atoms with van der Waals surface area (Å²) in [5.74, 6) is 0. The van der Waals surface area contributed by atoms with Crippen molar-refractivity contribution in [2.75, 3.05) is 12.5 Å². The normalized spacial score (nSPS) is 10.5. The molecule has 0 saturated carbocycles. The summed E-state index contributed by atoms with van der Waals surface area (Å²) in [6.45, 7) is 0. The average molecular weight is 401 g/mol. The topological polar surface area (TPSA) is 109 Å². The van der Waals surface area contributed by atoms with Crippen molar-refractivity contribution in [1.82, 2.24) is 0 Å². The van der Waals surface area contributed by atoms with E-state index in [4.69, 9.17) is 9.11 Å². The zero-order valence-corrected chi connectivity index (χ0v) is 10.9. The first-order valence-corrected chi connectivity index (χ1v) is 5.54. The molecule has 0 rings (SSSR count). The first-order chi connectivity index (χ1) is 4.00. The van der Waals surface area contributed by atoms with Crippen molar-refractivity contribution in [1.29, 1.82) is 0 Å². The molecule has 0 aliphatic rings. The van der Waals surface area contributed by atoms with Crippen molar-refractivity contribution in [3.05, 3.63) is 0 Å². The van der Waals surface area contributed by atoms with Crippen LogP contribution in [0.15, 0.2) is 0 Å². The molecular weight excluding hydrogens is 393 g/mol. The summed E-state index contributed by atoms with van der Waals surface area (Å²) >= 11 is 0. The van der Waals surface area contributed by atoms with Gasteiger partial charge in [-0.25, -0.2) is 0 Å². The zero-order chi connectivity index (χ0) is 9.00. The Labute approximate surface area is 84.6 Å². The Morgan fingerprint density at radius 3 is 0.818 bits per heavy atom. The van der Waals surface area contributed by atoms with Crippen LogP contribution < -0.4 is 0 Å². The largest absolute Gasteiger partial charge is 0.286 e. The molecule has 0 spiro atoms. The predicted molar refractivity (Wildman–Crippen MR) is 40.7 cm³/mol. The fraction of sp³-hybridized carbons (Fsp3) is 1.00. The standard InChI is InChI=1S/2CH4O3S.Bi/c2*1-5(2,3)4;/h2*1H3,(H,2,3,4);. The quantitative estimate of drug-likeness (QED) is 0.383. The Kier molecular flexibility index (Phi) is 10.0. The monoisotopic (exact) mass is 401 g/mol. The maximum absolute atomic E-state index is 9.19. The molecule has 0 aromatic rings. The summed E-state index contributed by atoms with van der Waals surface area (Å²) in [7, 11) is -7.33. The molecule has 0 heterocycles. The Morgan fingerprint density at radius 1 is 0.818 bits per heavy atom. The molecule has 0 bridgehead atoms. The van der Waals surface area contributed by atoms with Gasteiger partial charge in [0.15, 0.2) is 0 Å². The van der Waals surface area contributed by atoms with Gasteiger partial charge in [-0.1, -0.05) is 0 Å². The van der Waals surface area contributed by atoms with Crippen LogP contribution in [0.1, 0.15) is 0 Å². The fourth-order valence-corrected chi connectivity index (χ4v) is 0. The Balaban J connectivity index is -0.000000107. The third-order valence-corrected chi connectivity index (χ3v) is 0. The van der Waals surface area contributed by atoms with Gasteiger partial charge in [0.05, 0.1) is 12.5 Å². The van der Waals surface area contributed by atoms with E-state index in [9.17, 15) is 16.8 Å². The molecule has 0 aliphatic carbocycles. The predicted octanol–water partition coefficient (Wildman–Crippen LogP) is -1.37. The van der Waals surface area contributed by atoms with Gasteiger partial charge in [-0.2, -0.15) is 16.8 Å². The summed E-state index contributed by atoms with van der Waals surface area (Å²) in [5, 5.41) is 0. The molecule has 0 saturated heterocycles. The summed E-state index contributed by atoms with van der Waals surface area (Å²) in [6, 6.07) is 0. The molecule has 69 valence electrons. The van der Waals surface area contributed by atoms with E-state index < -0.39 is 20.2 Å². The van der Waals surface area contributed by atoms with Crippen LogP contribution in [0.2, 0.25) is 0 Å². The molecule has 11 heavy (non-hydrogen) atoms. The van der Waals surface area contributed by atoms with Crippen LogP contribution in [0.5, 0.6) is 0 Å². The van der Waals surface area contributed by atoms with Gasteiger partial charge in [0.2, 0.25) is 0 Å². The van der Waals surface area contributed by atoms with E-state index in [1.165, 1.54) is 0 Å². The second kappa shape index (κ2) is 6.24. The van der Waals surface area contributed by atoms with Crippen molar-refractivity contribution in [3.8, 4) is 0 Å². The summed E-state index contributed by atoms with van der Waals surface area (Å²) in [4.78, 5) is 0. The molecule has 0 aromatic heterocycles. The first-order valence-electron chi connectivity index (χ1n) is 1.85. The molecule has 0 aliphatic heterocycles. The van der Waals surface area contributed by atoms with Crippen molar-refractivity contribution >= 4 is 46.4 Å². The van der Waals surface area contributed by atoms with Crippen molar-refractivity contribution in [2.45, 2.75) is 0 Å². The average Bonchev–Trinajstić information content (AvgIpc) is 1.12. The Hall–Kier alpha value is 0.703. The summed E-state index contributed by atoms with van der Waals surface area (Å²) in [5.41, 5.74) is 0. The van der Waals surface area contributed by atoms with Crippen LogP contribution in [0.3, 0.4) is 0 Å². The second-order valence-electron chi connectivity index (χ2n) is 1.47. The maximum atomic E-state index is 9.19. The maximum Gasteiger partial charge on any atom is 0.261 e. The molecular formula is C2H8BiO6S2. The smallest absolute Gasteiger partial charge is 0.261 e. The Bertz CT molecular complexity index is 215. The van der Waals surface area contributed by atoms with E-state index in [1.54, 1.807) is 0 Å². The van der Waals surface area contributed by atoms with Crippen LogP contribution >= 0.6 is 0 Å². The van der Waals surface area contributed by atoms with Gasteiger partial charge in [-0.3, -0.25) is 9.11 Å². The summed E-state index contributed by atoms with van der Waals surface area (Å²) < 4.78 is 51.7. The van der Waals surface area contributed by atoms with Gasteiger partial charge in [0.25, 0.3) is 20.2 Å². The molecule has 3 radical (unpaired) electrons. The molecule has 0 aromatic carbocycles. The number of hydrogen-bond donors (Lipinski definition) is 2. The third-order valence-electron chi connectivity index (χ3n) is 0. The first kappa shape index (κ1) is 17.7. The minimum Gasteiger partial charge on any atom is -0.286 e. The van der Waals surface area contributed by atoms with Crippen molar-refractivity contribution < 1.29 is 25.9 Å². The van der Waals surface area contributed by atoms with Gasteiger partial charge in [-0.05, 0) is 0 Å². The third kappa shape index (κ3) is 1640. The Morgan fingerprint density at radius 2 is 0.818 bits per heavy atom. The molecule has 0 unspecified atom stereocenters. The van der Waals surface area contributed by atoms with E-state index >= 15 is 0 Å². The number of hydrogen-bond acceptors (Lipinski definition) is 4. The van der Waals surface area contributed by atoms with E-state index in [0.29, 0.717) is 12.5 Å². The van der Waals surface area contributed by atoms with Crippen LogP contribution in [0, 0.1) is 0 Å². The van der Waals surface area contributed by atoms with Crippen LogP contribution in [-0.4, -0.2) is 64.7 Å². The van der Waals surface area contributed by atoms with E-state index in [2.05, 4.69) is 0 Å². The van der Waals surface area contributed by atoms with Gasteiger partial charge < -0.3 is 0 Å². The minimum absolute atomic E-state index is 0. The summed E-state index contributed by atoms with van der Waals surface area (Å²) in [6.07, 6.45) is 1.43. The minimum atomic E-state index is -3.67. The van der Waals surface area contributed by atoms with Crippen LogP contribution in [-0.2, 0) is 20.2 Å². The number of rotatable bonds is 0. The molecule has 6 nitrogen and oxygen atoms in total. The molecule has 2 N–H and O–H groups in total. The van der Waals surface area contributed by atoms with Gasteiger partial charge in [0, 0.05) is 26.2 Å². The zero-order valence-electron chi connectivity index (χ0n) is 5.79. The SMILES string of the molecule is CS(=O)(=O)O.CS(=O)(=O)O.[Bi]. The second-order valence-corrected chi connectivity index (χ2v) is 4.40. The van der Waals surface area contributed by atoms with E-state index in [1.807, 2.05) is 0 Å². The molecule has 0 atom stereocenters. The van der Waals surface area contributed by atoms with E-state index in [0.717, 1.165) is 0 Å². The van der Waals surface area contributed by atoms with Crippen molar-refractivity contribution in [3.63, 3.8) is 0 Å². The van der Waals surface area contributed by atoms with Gasteiger partial charge in [0.1, 0.15) is 0 Å². The van der Waals surface area contributed by atoms with E-state index in [-0.39, 0.29) is 26.2 Å². The molecule has 0 amide bonds. The van der Waals surface area contributed by atoms with Gasteiger partial charge >= 0.3 is 0 Å². The molecule has 9 heteroatoms. The van der Waals surface area contributed by atoms with Crippen LogP contribution in [0.4, 0.5) is 0 Å². The van der Waals surface area contributed by atoms with Gasteiger partial charge in [-0.15, -0.1) is 0 Å². The molecule has 0 fully saturated rings. The fourth-order valence-electron chi connectivity index (χ4n) is 0.